The Balaban J connectivity index is 0.00000338. The van der Waals surface area contributed by atoms with E-state index in [1.807, 2.05) is 24.3 Å². The molecule has 0 aliphatic heterocycles. The molecule has 0 fully saturated rings. The minimum atomic E-state index is -4.43. The summed E-state index contributed by atoms with van der Waals surface area (Å²) in [5.74, 6) is 0.0403. The zero-order valence-electron chi connectivity index (χ0n) is 14.1. The summed E-state index contributed by atoms with van der Waals surface area (Å²) in [6.07, 6.45) is -2.13. The molecule has 0 bridgehead atoms. The van der Waals surface area contributed by atoms with Crippen molar-refractivity contribution in [1.82, 2.24) is 4.98 Å². The molecule has 0 saturated heterocycles. The Labute approximate surface area is 166 Å². The van der Waals surface area contributed by atoms with E-state index in [4.69, 9.17) is 10.5 Å². The number of hydrogen-bond donors (Lipinski definition) is 2. The summed E-state index contributed by atoms with van der Waals surface area (Å²) < 4.78 is 41.5. The van der Waals surface area contributed by atoms with Crippen LogP contribution in [0, 0.1) is 0 Å². The van der Waals surface area contributed by atoms with E-state index in [0.29, 0.717) is 5.56 Å². The molecule has 0 atom stereocenters. The fraction of sp³-hybridized carbons (Fsp3) is 0.294. The van der Waals surface area contributed by atoms with Gasteiger partial charge in [-0.2, -0.15) is 13.2 Å². The van der Waals surface area contributed by atoms with Crippen LogP contribution in [0.3, 0.4) is 0 Å². The molecule has 0 radical (unpaired) electrons. The maximum absolute atomic E-state index is 12.3. The number of aromatic nitrogens is 1. The van der Waals surface area contributed by atoms with Gasteiger partial charge in [-0.1, -0.05) is 25.1 Å². The number of anilines is 1. The standard InChI is InChI=1S/C17H19F3N4O.HI/c1-2-12-5-7-14(8-6-12)24-16(21)23-10-13-4-3-9-22-15(13)25-11-17(18,19)20;/h3-9H,2,10-11H2,1H3,(H3,21,23,24);1H. The van der Waals surface area contributed by atoms with Crippen LogP contribution in [0.15, 0.2) is 47.6 Å². The van der Waals surface area contributed by atoms with Crippen molar-refractivity contribution in [3.63, 3.8) is 0 Å². The van der Waals surface area contributed by atoms with Gasteiger partial charge in [0, 0.05) is 17.4 Å². The summed E-state index contributed by atoms with van der Waals surface area (Å²) in [6.45, 7) is 0.704. The molecule has 5 nitrogen and oxygen atoms in total. The first-order valence-electron chi connectivity index (χ1n) is 7.66. The number of nitrogens with two attached hydrogens (primary N) is 1. The maximum atomic E-state index is 12.3. The molecule has 0 unspecified atom stereocenters. The molecule has 3 N–H and O–H groups in total. The van der Waals surface area contributed by atoms with Crippen molar-refractivity contribution in [3.8, 4) is 5.88 Å². The van der Waals surface area contributed by atoms with Gasteiger partial charge in [0.25, 0.3) is 0 Å². The van der Waals surface area contributed by atoms with Crippen molar-refractivity contribution >= 4 is 35.6 Å². The first-order chi connectivity index (χ1) is 11.9. The minimum absolute atomic E-state index is 0. The lowest BCUT2D eigenvalue weighted by Crippen LogP contribution is -2.23. The van der Waals surface area contributed by atoms with Crippen molar-refractivity contribution in [2.45, 2.75) is 26.1 Å². The lowest BCUT2D eigenvalue weighted by Gasteiger charge is -2.11. The maximum Gasteiger partial charge on any atom is 0.422 e. The van der Waals surface area contributed by atoms with Crippen LogP contribution in [0.2, 0.25) is 0 Å². The van der Waals surface area contributed by atoms with Crippen LogP contribution >= 0.6 is 24.0 Å². The van der Waals surface area contributed by atoms with Gasteiger partial charge in [-0.25, -0.2) is 9.98 Å². The zero-order chi connectivity index (χ0) is 18.3. The van der Waals surface area contributed by atoms with Crippen molar-refractivity contribution in [2.75, 3.05) is 11.9 Å². The van der Waals surface area contributed by atoms with E-state index >= 15 is 0 Å². The van der Waals surface area contributed by atoms with E-state index in [9.17, 15) is 13.2 Å². The Morgan fingerprint density at radius 1 is 1.23 bits per heavy atom. The third-order valence-corrected chi connectivity index (χ3v) is 3.28. The number of nitrogens with one attached hydrogen (secondary N) is 1. The summed E-state index contributed by atoms with van der Waals surface area (Å²) in [7, 11) is 0. The van der Waals surface area contributed by atoms with Gasteiger partial charge in [-0.15, -0.1) is 24.0 Å². The van der Waals surface area contributed by atoms with E-state index < -0.39 is 12.8 Å². The summed E-state index contributed by atoms with van der Waals surface area (Å²) >= 11 is 0. The van der Waals surface area contributed by atoms with Gasteiger partial charge in [-0.05, 0) is 30.2 Å². The second-order valence-corrected chi connectivity index (χ2v) is 5.25. The molecule has 0 spiro atoms. The lowest BCUT2D eigenvalue weighted by molar-refractivity contribution is -0.154. The van der Waals surface area contributed by atoms with Gasteiger partial charge in [0.05, 0.1) is 6.54 Å². The Kier molecular flexibility index (Phi) is 8.62. The molecule has 0 aliphatic rings. The number of alkyl halides is 3. The van der Waals surface area contributed by atoms with Crippen LogP contribution < -0.4 is 15.8 Å². The topological polar surface area (TPSA) is 72.5 Å². The molecule has 26 heavy (non-hydrogen) atoms. The number of hydrogen-bond acceptors (Lipinski definition) is 3. The van der Waals surface area contributed by atoms with Crippen LogP contribution in [-0.2, 0) is 13.0 Å². The lowest BCUT2D eigenvalue weighted by atomic mass is 10.1. The number of halogens is 4. The van der Waals surface area contributed by atoms with Crippen LogP contribution in [0.25, 0.3) is 0 Å². The first-order valence-corrected chi connectivity index (χ1v) is 7.66. The molecular formula is C17H20F3IN4O. The number of guanidine groups is 1. The van der Waals surface area contributed by atoms with Gasteiger partial charge >= 0.3 is 6.18 Å². The van der Waals surface area contributed by atoms with Gasteiger partial charge in [0.2, 0.25) is 5.88 Å². The van der Waals surface area contributed by atoms with E-state index in [0.717, 1.165) is 12.1 Å². The van der Waals surface area contributed by atoms with Gasteiger partial charge in [-0.3, -0.25) is 0 Å². The van der Waals surface area contributed by atoms with E-state index in [-0.39, 0.29) is 42.4 Å². The summed E-state index contributed by atoms with van der Waals surface area (Å²) in [6, 6.07) is 10.9. The average molecular weight is 480 g/mol. The molecule has 1 aromatic heterocycles. The second kappa shape index (κ2) is 10.2. The van der Waals surface area contributed by atoms with Crippen LogP contribution in [0.5, 0.6) is 5.88 Å². The van der Waals surface area contributed by atoms with Crippen LogP contribution in [-0.4, -0.2) is 23.7 Å². The smallest absolute Gasteiger partial charge is 0.422 e. The Morgan fingerprint density at radius 2 is 1.92 bits per heavy atom. The van der Waals surface area contributed by atoms with Crippen LogP contribution in [0.1, 0.15) is 18.1 Å². The van der Waals surface area contributed by atoms with Crippen molar-refractivity contribution in [3.05, 3.63) is 53.7 Å². The molecule has 142 valence electrons. The second-order valence-electron chi connectivity index (χ2n) is 5.25. The van der Waals surface area contributed by atoms with Crippen LogP contribution in [0.4, 0.5) is 18.9 Å². The molecular weight excluding hydrogens is 460 g/mol. The molecule has 0 saturated carbocycles. The summed E-state index contributed by atoms with van der Waals surface area (Å²) in [5, 5.41) is 2.93. The van der Waals surface area contributed by atoms with E-state index in [1.54, 1.807) is 12.1 Å². The zero-order valence-corrected chi connectivity index (χ0v) is 16.4. The molecule has 2 rings (SSSR count). The molecule has 2 aromatic rings. The Hall–Kier alpha value is -2.04. The number of rotatable bonds is 6. The third kappa shape index (κ3) is 7.46. The third-order valence-electron chi connectivity index (χ3n) is 3.28. The normalized spacial score (nSPS) is 11.6. The molecule has 1 heterocycles. The molecule has 0 aliphatic carbocycles. The monoisotopic (exact) mass is 480 g/mol. The molecule has 0 amide bonds. The number of benzene rings is 1. The molecule has 1 aromatic carbocycles. The number of aliphatic imine (C=N–C) groups is 1. The van der Waals surface area contributed by atoms with E-state index in [1.165, 1.54) is 11.8 Å². The highest BCUT2D eigenvalue weighted by molar-refractivity contribution is 14.0. The highest BCUT2D eigenvalue weighted by Crippen LogP contribution is 2.20. The largest absolute Gasteiger partial charge is 0.468 e. The Bertz CT molecular complexity index is 721. The predicted octanol–water partition coefficient (Wildman–Crippen LogP) is 4.13. The van der Waals surface area contributed by atoms with Crippen molar-refractivity contribution in [1.29, 1.82) is 0 Å². The predicted molar refractivity (Wildman–Crippen MR) is 106 cm³/mol. The SMILES string of the molecule is CCc1ccc(NC(N)=NCc2cccnc2OCC(F)(F)F)cc1.I. The number of nitrogens with zero attached hydrogens (tertiary/aromatic N) is 2. The first kappa shape index (κ1) is 22.0. The minimum Gasteiger partial charge on any atom is -0.468 e. The summed E-state index contributed by atoms with van der Waals surface area (Å²) in [5.41, 5.74) is 8.20. The summed E-state index contributed by atoms with van der Waals surface area (Å²) in [4.78, 5) is 7.93. The van der Waals surface area contributed by atoms with E-state index in [2.05, 4.69) is 22.2 Å². The van der Waals surface area contributed by atoms with Gasteiger partial charge in [0.1, 0.15) is 0 Å². The fourth-order valence-electron chi connectivity index (χ4n) is 2.01. The highest BCUT2D eigenvalue weighted by atomic mass is 127. The Morgan fingerprint density at radius 3 is 2.54 bits per heavy atom. The fourth-order valence-corrected chi connectivity index (χ4v) is 2.01. The highest BCUT2D eigenvalue weighted by Gasteiger charge is 2.29. The number of pyridine rings is 1. The average Bonchev–Trinajstić information content (AvgIpc) is 2.59. The number of aryl methyl sites for hydroxylation is 1. The van der Waals surface area contributed by atoms with Gasteiger partial charge in [0.15, 0.2) is 12.6 Å². The van der Waals surface area contributed by atoms with Crippen molar-refractivity contribution in [2.24, 2.45) is 10.7 Å². The molecule has 9 heteroatoms. The van der Waals surface area contributed by atoms with Gasteiger partial charge < -0.3 is 15.8 Å². The number of ether oxygens (including phenoxy) is 1. The quantitative estimate of drug-likeness (QED) is 0.371. The van der Waals surface area contributed by atoms with Crippen molar-refractivity contribution < 1.29 is 17.9 Å².